The highest BCUT2D eigenvalue weighted by Gasteiger charge is 2.49. The molecule has 3 atom stereocenters. The van der Waals surface area contributed by atoms with E-state index < -0.39 is 5.60 Å². The van der Waals surface area contributed by atoms with E-state index in [4.69, 9.17) is 16.1 Å². The predicted molar refractivity (Wildman–Crippen MR) is 164 cm³/mol. The van der Waals surface area contributed by atoms with Crippen molar-refractivity contribution < 1.29 is 9.84 Å². The first-order valence-corrected chi connectivity index (χ1v) is 14.6. The van der Waals surface area contributed by atoms with Crippen LogP contribution in [0.3, 0.4) is 0 Å². The monoisotopic (exact) mass is 571 g/mol. The van der Waals surface area contributed by atoms with Gasteiger partial charge in [0.2, 0.25) is 0 Å². The van der Waals surface area contributed by atoms with E-state index in [1.54, 1.807) is 37.0 Å². The van der Waals surface area contributed by atoms with Gasteiger partial charge in [-0.25, -0.2) is 9.50 Å². The number of aromatic nitrogens is 4. The van der Waals surface area contributed by atoms with E-state index in [-0.39, 0.29) is 6.61 Å². The van der Waals surface area contributed by atoms with Crippen molar-refractivity contribution in [2.45, 2.75) is 57.3 Å². The number of rotatable bonds is 8. The lowest BCUT2D eigenvalue weighted by atomic mass is 9.85. The summed E-state index contributed by atoms with van der Waals surface area (Å²) in [5, 5.41) is 24.2. The van der Waals surface area contributed by atoms with Gasteiger partial charge in [0.05, 0.1) is 34.8 Å². The van der Waals surface area contributed by atoms with Crippen LogP contribution >= 0.6 is 0 Å². The van der Waals surface area contributed by atoms with Crippen LogP contribution in [0.25, 0.3) is 22.2 Å². The maximum absolute atomic E-state index is 10.1. The molecule has 4 aliphatic rings. The quantitative estimate of drug-likeness (QED) is 0.312. The second-order valence-corrected chi connectivity index (χ2v) is 12.4. The fourth-order valence-corrected chi connectivity index (χ4v) is 6.57. The molecule has 0 saturated carbocycles. The standard InChI is InChI=1S/C34H33N7O2/c1-5-22-6-8-31(36-14-22)30-12-28(30)21(2)41-25-10-26(41)18-39(17-25)32-9-7-23(15-37-32)29-11-27(43-20-34(3,4)42)19-40-33(29)24(13-35)16-38-40/h1,6-9,11,14-16,19,21,25-26,42H,10,12,17-18,20H2,2-4H3. The molecule has 3 unspecified atom stereocenters. The zero-order valence-corrected chi connectivity index (χ0v) is 24.5. The number of piperazine rings is 1. The van der Waals surface area contributed by atoms with Crippen molar-refractivity contribution in [3.63, 3.8) is 0 Å². The topological polar surface area (TPSA) is 103 Å². The third kappa shape index (κ3) is 5.01. The summed E-state index contributed by atoms with van der Waals surface area (Å²) in [6, 6.07) is 13.6. The summed E-state index contributed by atoms with van der Waals surface area (Å²) in [7, 11) is 0. The third-order valence-corrected chi connectivity index (χ3v) is 8.75. The van der Waals surface area contributed by atoms with Gasteiger partial charge in [0, 0.05) is 60.3 Å². The molecule has 3 saturated heterocycles. The average molecular weight is 572 g/mol. The number of nitrogens with zero attached hydrogens (tertiary/aromatic N) is 7. The van der Waals surface area contributed by atoms with Crippen LogP contribution in [0.15, 0.2) is 60.7 Å². The number of allylic oxidation sites excluding steroid dienone is 1. The van der Waals surface area contributed by atoms with Crippen LogP contribution in [0.1, 0.15) is 50.4 Å². The van der Waals surface area contributed by atoms with Crippen LogP contribution < -0.4 is 9.64 Å². The van der Waals surface area contributed by atoms with Crippen LogP contribution in [0.4, 0.5) is 5.82 Å². The Balaban J connectivity index is 1.07. The van der Waals surface area contributed by atoms with Crippen molar-refractivity contribution in [3.05, 3.63) is 77.5 Å². The number of ether oxygens (including phenoxy) is 1. The maximum atomic E-state index is 10.1. The Kier molecular flexibility index (Phi) is 6.46. The summed E-state index contributed by atoms with van der Waals surface area (Å²) in [6.07, 6.45) is 14.6. The minimum Gasteiger partial charge on any atom is -0.489 e. The molecule has 8 rings (SSSR count). The van der Waals surface area contributed by atoms with Gasteiger partial charge in [0.1, 0.15) is 24.2 Å². The molecule has 7 heterocycles. The number of terminal acetylenes is 1. The lowest BCUT2D eigenvalue weighted by Gasteiger charge is -2.58. The Morgan fingerprint density at radius 3 is 2.60 bits per heavy atom. The van der Waals surface area contributed by atoms with Gasteiger partial charge in [-0.15, -0.1) is 6.42 Å². The van der Waals surface area contributed by atoms with Crippen LogP contribution in [0.5, 0.6) is 5.75 Å². The maximum Gasteiger partial charge on any atom is 0.138 e. The van der Waals surface area contributed by atoms with Crippen LogP contribution in [0, 0.1) is 23.7 Å². The Labute approximate surface area is 251 Å². The normalized spacial score (nSPS) is 20.4. The van der Waals surface area contributed by atoms with Gasteiger partial charge in [0.15, 0.2) is 0 Å². The molecule has 0 radical (unpaired) electrons. The highest BCUT2D eigenvalue weighted by Crippen LogP contribution is 2.47. The number of fused-ring (bicyclic) bond motifs is 3. The molecule has 4 aromatic rings. The van der Waals surface area contributed by atoms with E-state index in [9.17, 15) is 10.4 Å². The third-order valence-electron chi connectivity index (χ3n) is 8.75. The summed E-state index contributed by atoms with van der Waals surface area (Å²) in [6.45, 7) is 7.73. The number of aliphatic hydroxyl groups is 1. The lowest BCUT2D eigenvalue weighted by molar-refractivity contribution is -0.0208. The van der Waals surface area contributed by atoms with Gasteiger partial charge < -0.3 is 14.7 Å². The number of hydrogen-bond acceptors (Lipinski definition) is 8. The first-order valence-electron chi connectivity index (χ1n) is 14.6. The summed E-state index contributed by atoms with van der Waals surface area (Å²) in [4.78, 5) is 14.5. The molecule has 216 valence electrons. The first-order chi connectivity index (χ1) is 20.7. The Bertz CT molecular complexity index is 1810. The zero-order chi connectivity index (χ0) is 29.9. The number of anilines is 1. The predicted octanol–water partition coefficient (Wildman–Crippen LogP) is 4.30. The summed E-state index contributed by atoms with van der Waals surface area (Å²) < 4.78 is 7.52. The summed E-state index contributed by atoms with van der Waals surface area (Å²) in [5.74, 6) is 4.15. The average Bonchev–Trinajstić information content (AvgIpc) is 3.71. The molecule has 3 fully saturated rings. The van der Waals surface area contributed by atoms with E-state index in [1.165, 1.54) is 17.6 Å². The van der Waals surface area contributed by atoms with Gasteiger partial charge in [-0.2, -0.15) is 10.4 Å². The second-order valence-electron chi connectivity index (χ2n) is 12.4. The summed E-state index contributed by atoms with van der Waals surface area (Å²) >= 11 is 0. The van der Waals surface area contributed by atoms with Crippen LogP contribution in [-0.4, -0.2) is 73.0 Å². The van der Waals surface area contributed by atoms with Crippen molar-refractivity contribution in [1.82, 2.24) is 24.5 Å². The van der Waals surface area contributed by atoms with Gasteiger partial charge in [-0.05, 0) is 75.1 Å². The fraction of sp³-hybridized carbons (Fsp3) is 0.353. The molecule has 0 amide bonds. The van der Waals surface area contributed by atoms with E-state index in [1.807, 2.05) is 30.5 Å². The van der Waals surface area contributed by atoms with Gasteiger partial charge >= 0.3 is 0 Å². The SMILES string of the molecule is C#Cc1ccc(C2=C(C(C)N3C4CC3CN(c3ccc(-c5cc(OCC(C)(C)O)cn6ncc(C#N)c56)cn3)C4)C2)nc1. The van der Waals surface area contributed by atoms with Crippen LogP contribution in [-0.2, 0) is 0 Å². The molecule has 0 aromatic carbocycles. The van der Waals surface area contributed by atoms with E-state index in [0.29, 0.717) is 35.0 Å². The van der Waals surface area contributed by atoms with Crippen molar-refractivity contribution in [2.75, 3.05) is 24.6 Å². The van der Waals surface area contributed by atoms with E-state index in [0.717, 1.165) is 47.7 Å². The summed E-state index contributed by atoms with van der Waals surface area (Å²) in [5.41, 5.74) is 6.58. The van der Waals surface area contributed by atoms with Gasteiger partial charge in [-0.3, -0.25) is 9.88 Å². The van der Waals surface area contributed by atoms with Crippen LogP contribution in [0.2, 0.25) is 0 Å². The lowest BCUT2D eigenvalue weighted by Crippen LogP contribution is -2.70. The van der Waals surface area contributed by atoms with Gasteiger partial charge in [0.25, 0.3) is 0 Å². The molecule has 43 heavy (non-hydrogen) atoms. The van der Waals surface area contributed by atoms with E-state index >= 15 is 0 Å². The second kappa shape index (κ2) is 10.2. The van der Waals surface area contributed by atoms with Crippen molar-refractivity contribution in [1.29, 1.82) is 5.26 Å². The molecule has 9 nitrogen and oxygen atoms in total. The molecular weight excluding hydrogens is 538 g/mol. The Hall–Kier alpha value is -4.70. The molecule has 2 bridgehead atoms. The number of pyridine rings is 3. The minimum absolute atomic E-state index is 0.128. The highest BCUT2D eigenvalue weighted by atomic mass is 16.5. The van der Waals surface area contributed by atoms with E-state index in [2.05, 4.69) is 44.9 Å². The molecular formula is C34H33N7O2. The molecule has 1 N–H and O–H groups in total. The highest BCUT2D eigenvalue weighted by molar-refractivity contribution is 5.85. The largest absolute Gasteiger partial charge is 0.489 e. The zero-order valence-electron chi connectivity index (χ0n) is 24.5. The van der Waals surface area contributed by atoms with Gasteiger partial charge in [-0.1, -0.05) is 5.92 Å². The van der Waals surface area contributed by atoms with Crippen molar-refractivity contribution >= 4 is 16.9 Å². The Morgan fingerprint density at radius 2 is 1.95 bits per heavy atom. The molecule has 9 heteroatoms. The smallest absolute Gasteiger partial charge is 0.138 e. The number of hydrogen-bond donors (Lipinski definition) is 1. The van der Waals surface area contributed by atoms with Crippen molar-refractivity contribution in [3.8, 4) is 35.3 Å². The molecule has 1 aliphatic carbocycles. The molecule has 3 aliphatic heterocycles. The number of nitriles is 1. The molecule has 4 aromatic heterocycles. The van der Waals surface area contributed by atoms with Crippen molar-refractivity contribution in [2.24, 2.45) is 0 Å². The molecule has 0 spiro atoms. The number of piperidine rings is 1. The minimum atomic E-state index is -0.979. The fourth-order valence-electron chi connectivity index (χ4n) is 6.57. The Morgan fingerprint density at radius 1 is 1.14 bits per heavy atom. The first kappa shape index (κ1) is 27.2.